The number of amides is 1. The van der Waals surface area contributed by atoms with Crippen LogP contribution in [-0.4, -0.2) is 43.3 Å². The molecule has 1 saturated heterocycles. The standard InChI is InChI=1S/C22H23FN6O/c1-14-5-6-17(13-29(14)15(2)30)22-27-19(16-4-3-8-24-12-16)11-21(28-22)26-18-7-9-25-20(23)10-18/h3-4,7-12,14,17H,5-6,13H2,1-2H3,(H,25,26,27,28)/t14-,17+/m0/s1. The number of hydrogen-bond acceptors (Lipinski definition) is 6. The van der Waals surface area contributed by atoms with Gasteiger partial charge in [0.1, 0.15) is 11.6 Å². The van der Waals surface area contributed by atoms with Crippen LogP contribution in [0.5, 0.6) is 0 Å². The molecule has 4 heterocycles. The van der Waals surface area contributed by atoms with E-state index in [4.69, 9.17) is 9.97 Å². The van der Waals surface area contributed by atoms with Crippen LogP contribution < -0.4 is 5.32 Å². The third kappa shape index (κ3) is 4.42. The Morgan fingerprint density at radius 1 is 1.20 bits per heavy atom. The fourth-order valence-corrected chi connectivity index (χ4v) is 3.76. The molecule has 7 nitrogen and oxygen atoms in total. The van der Waals surface area contributed by atoms with Crippen LogP contribution in [0.3, 0.4) is 0 Å². The lowest BCUT2D eigenvalue weighted by Crippen LogP contribution is -2.44. The molecule has 1 aliphatic rings. The molecule has 0 unspecified atom stereocenters. The SMILES string of the molecule is CC(=O)N1C[C@H](c2nc(Nc3ccnc(F)c3)cc(-c3cccnc3)n2)CC[C@@H]1C. The lowest BCUT2D eigenvalue weighted by atomic mass is 9.92. The second kappa shape index (κ2) is 8.52. The lowest BCUT2D eigenvalue weighted by Gasteiger charge is -2.37. The first-order chi connectivity index (χ1) is 14.5. The van der Waals surface area contributed by atoms with Gasteiger partial charge in [0.2, 0.25) is 11.9 Å². The normalized spacial score (nSPS) is 18.8. The Labute approximate surface area is 174 Å². The maximum atomic E-state index is 13.5. The van der Waals surface area contributed by atoms with Gasteiger partial charge < -0.3 is 10.2 Å². The van der Waals surface area contributed by atoms with Crippen molar-refractivity contribution < 1.29 is 9.18 Å². The molecule has 1 amide bonds. The molecule has 2 atom stereocenters. The average Bonchev–Trinajstić information content (AvgIpc) is 2.74. The highest BCUT2D eigenvalue weighted by Crippen LogP contribution is 2.31. The van der Waals surface area contributed by atoms with Crippen molar-refractivity contribution in [3.05, 3.63) is 60.7 Å². The summed E-state index contributed by atoms with van der Waals surface area (Å²) in [5.74, 6) is 0.724. The van der Waals surface area contributed by atoms with Crippen molar-refractivity contribution in [3.8, 4) is 11.3 Å². The number of hydrogen-bond donors (Lipinski definition) is 1. The first-order valence-electron chi connectivity index (χ1n) is 9.95. The molecule has 8 heteroatoms. The molecule has 0 bridgehead atoms. The summed E-state index contributed by atoms with van der Waals surface area (Å²) in [6.45, 7) is 4.24. The molecule has 30 heavy (non-hydrogen) atoms. The zero-order chi connectivity index (χ0) is 21.1. The zero-order valence-electron chi connectivity index (χ0n) is 16.9. The average molecular weight is 406 g/mol. The van der Waals surface area contributed by atoms with Gasteiger partial charge in [0.25, 0.3) is 0 Å². The zero-order valence-corrected chi connectivity index (χ0v) is 16.9. The molecule has 4 rings (SSSR count). The maximum absolute atomic E-state index is 13.5. The van der Waals surface area contributed by atoms with E-state index in [0.717, 1.165) is 24.1 Å². The molecular weight excluding hydrogens is 383 g/mol. The number of anilines is 2. The van der Waals surface area contributed by atoms with Crippen LogP contribution in [0.1, 0.15) is 38.4 Å². The number of piperidine rings is 1. The number of carbonyl (C=O) groups is 1. The molecule has 1 fully saturated rings. The molecule has 0 aromatic carbocycles. The van der Waals surface area contributed by atoms with Crippen molar-refractivity contribution in [2.75, 3.05) is 11.9 Å². The number of halogens is 1. The van der Waals surface area contributed by atoms with E-state index in [1.165, 1.54) is 12.3 Å². The highest BCUT2D eigenvalue weighted by molar-refractivity contribution is 5.73. The number of nitrogens with zero attached hydrogens (tertiary/aromatic N) is 5. The second-order valence-corrected chi connectivity index (χ2v) is 7.53. The summed E-state index contributed by atoms with van der Waals surface area (Å²) in [6, 6.07) is 8.78. The third-order valence-corrected chi connectivity index (χ3v) is 5.35. The van der Waals surface area contributed by atoms with Crippen LogP contribution >= 0.6 is 0 Å². The molecule has 3 aromatic heterocycles. The van der Waals surface area contributed by atoms with Crippen molar-refractivity contribution in [2.45, 2.75) is 38.6 Å². The topological polar surface area (TPSA) is 83.9 Å². The van der Waals surface area contributed by atoms with Crippen LogP contribution in [0.25, 0.3) is 11.3 Å². The maximum Gasteiger partial charge on any atom is 0.219 e. The van der Waals surface area contributed by atoms with Crippen molar-refractivity contribution in [1.82, 2.24) is 24.8 Å². The first kappa shape index (κ1) is 19.9. The van der Waals surface area contributed by atoms with Crippen molar-refractivity contribution in [2.24, 2.45) is 0 Å². The van der Waals surface area contributed by atoms with Crippen LogP contribution in [0, 0.1) is 5.95 Å². The van der Waals surface area contributed by atoms with Gasteiger partial charge in [-0.05, 0) is 38.0 Å². The Balaban J connectivity index is 1.71. The first-order valence-corrected chi connectivity index (χ1v) is 9.95. The highest BCUT2D eigenvalue weighted by atomic mass is 19.1. The lowest BCUT2D eigenvalue weighted by molar-refractivity contribution is -0.132. The number of rotatable bonds is 4. The summed E-state index contributed by atoms with van der Waals surface area (Å²) in [5.41, 5.74) is 2.13. The fraction of sp³-hybridized carbons (Fsp3) is 0.318. The Bertz CT molecular complexity index is 1040. The number of nitrogens with one attached hydrogen (secondary N) is 1. The minimum atomic E-state index is -0.569. The number of carbonyl (C=O) groups excluding carboxylic acids is 1. The monoisotopic (exact) mass is 406 g/mol. The van der Waals surface area contributed by atoms with E-state index in [0.29, 0.717) is 23.9 Å². The van der Waals surface area contributed by atoms with E-state index in [9.17, 15) is 9.18 Å². The predicted molar refractivity (Wildman–Crippen MR) is 112 cm³/mol. The van der Waals surface area contributed by atoms with Crippen LogP contribution in [0.2, 0.25) is 0 Å². The smallest absolute Gasteiger partial charge is 0.219 e. The summed E-state index contributed by atoms with van der Waals surface area (Å²) >= 11 is 0. The molecule has 0 spiro atoms. The Morgan fingerprint density at radius 3 is 2.80 bits per heavy atom. The van der Waals surface area contributed by atoms with Crippen molar-refractivity contribution in [3.63, 3.8) is 0 Å². The molecule has 0 radical (unpaired) electrons. The molecular formula is C22H23FN6O. The summed E-state index contributed by atoms with van der Waals surface area (Å²) in [4.78, 5) is 31.2. The number of aromatic nitrogens is 4. The van der Waals surface area contributed by atoms with Crippen LogP contribution in [0.15, 0.2) is 48.9 Å². The van der Waals surface area contributed by atoms with Gasteiger partial charge in [-0.25, -0.2) is 15.0 Å². The molecule has 1 N–H and O–H groups in total. The third-order valence-electron chi connectivity index (χ3n) is 5.35. The van der Waals surface area contributed by atoms with E-state index < -0.39 is 5.95 Å². The molecule has 154 valence electrons. The Morgan fingerprint density at radius 2 is 2.07 bits per heavy atom. The number of pyridine rings is 2. The van der Waals surface area contributed by atoms with E-state index >= 15 is 0 Å². The fourth-order valence-electron chi connectivity index (χ4n) is 3.76. The van der Waals surface area contributed by atoms with E-state index in [1.807, 2.05) is 23.1 Å². The van der Waals surface area contributed by atoms with E-state index in [1.54, 1.807) is 25.4 Å². The van der Waals surface area contributed by atoms with Gasteiger partial charge in [-0.2, -0.15) is 4.39 Å². The quantitative estimate of drug-likeness (QED) is 0.661. The molecule has 3 aromatic rings. The summed E-state index contributed by atoms with van der Waals surface area (Å²) < 4.78 is 13.5. The van der Waals surface area contributed by atoms with Crippen molar-refractivity contribution in [1.29, 1.82) is 0 Å². The van der Waals surface area contributed by atoms with Crippen LogP contribution in [0.4, 0.5) is 15.9 Å². The van der Waals surface area contributed by atoms with Crippen molar-refractivity contribution >= 4 is 17.4 Å². The summed E-state index contributed by atoms with van der Waals surface area (Å²) in [7, 11) is 0. The number of likely N-dealkylation sites (tertiary alicyclic amines) is 1. The van der Waals surface area contributed by atoms with Gasteiger partial charge in [0.15, 0.2) is 0 Å². The molecule has 1 aliphatic heterocycles. The molecule has 0 aliphatic carbocycles. The predicted octanol–water partition coefficient (Wildman–Crippen LogP) is 3.93. The largest absolute Gasteiger partial charge is 0.340 e. The van der Waals surface area contributed by atoms with E-state index in [-0.39, 0.29) is 17.9 Å². The highest BCUT2D eigenvalue weighted by Gasteiger charge is 2.30. The Hall–Kier alpha value is -3.42. The van der Waals surface area contributed by atoms with Gasteiger partial charge >= 0.3 is 0 Å². The summed E-state index contributed by atoms with van der Waals surface area (Å²) in [6.07, 6.45) is 6.63. The van der Waals surface area contributed by atoms with Crippen LogP contribution in [-0.2, 0) is 4.79 Å². The summed E-state index contributed by atoms with van der Waals surface area (Å²) in [5, 5.41) is 3.15. The van der Waals surface area contributed by atoms with E-state index in [2.05, 4.69) is 22.2 Å². The van der Waals surface area contributed by atoms with Gasteiger partial charge in [0.05, 0.1) is 5.69 Å². The van der Waals surface area contributed by atoms with Gasteiger partial charge in [-0.3, -0.25) is 9.78 Å². The van der Waals surface area contributed by atoms with Gasteiger partial charge in [-0.15, -0.1) is 0 Å². The molecule has 0 saturated carbocycles. The Kier molecular flexibility index (Phi) is 5.65. The minimum absolute atomic E-state index is 0.0245. The minimum Gasteiger partial charge on any atom is -0.340 e. The van der Waals surface area contributed by atoms with Gasteiger partial charge in [0, 0.05) is 67.4 Å². The second-order valence-electron chi connectivity index (χ2n) is 7.53. The van der Waals surface area contributed by atoms with Gasteiger partial charge in [-0.1, -0.05) is 0 Å².